The van der Waals surface area contributed by atoms with E-state index in [-0.39, 0.29) is 6.71 Å². The average molecular weight is 1500 g/mol. The van der Waals surface area contributed by atoms with Gasteiger partial charge in [0.2, 0.25) is 0 Å². The second-order valence-electron chi connectivity index (χ2n) is 30.6. The van der Waals surface area contributed by atoms with E-state index in [0.29, 0.717) is 0 Å². The first-order chi connectivity index (χ1) is 58.5. The third-order valence-corrected chi connectivity index (χ3v) is 23.6. The summed E-state index contributed by atoms with van der Waals surface area (Å²) in [5.74, 6) is 0. The summed E-state index contributed by atoms with van der Waals surface area (Å²) in [6, 6.07) is 176. The molecular weight excluding hydrogens is 1420 g/mol. The molecule has 0 spiro atoms. The molecule has 19 aromatic rings. The molecule has 0 radical (unpaired) electrons. The first-order valence-corrected chi connectivity index (χ1v) is 40.7. The highest BCUT2D eigenvalue weighted by molar-refractivity contribution is 7.00. The van der Waals surface area contributed by atoms with E-state index in [1.165, 1.54) is 38.6 Å². The van der Waals surface area contributed by atoms with E-state index in [9.17, 15) is 0 Å². The minimum absolute atomic E-state index is 0.328. The van der Waals surface area contributed by atoms with E-state index >= 15 is 0 Å². The van der Waals surface area contributed by atoms with Gasteiger partial charge in [-0.25, -0.2) is 0 Å². The fraction of sp³-hybridized carbons (Fsp3) is 0. The lowest BCUT2D eigenvalue weighted by atomic mass is 9.33. The lowest BCUT2D eigenvalue weighted by Crippen LogP contribution is -2.61. The van der Waals surface area contributed by atoms with Gasteiger partial charge in [-0.3, -0.25) is 0 Å². The van der Waals surface area contributed by atoms with Crippen LogP contribution in [0.5, 0.6) is 0 Å². The lowest BCUT2D eigenvalue weighted by molar-refractivity contribution is 1.23. The maximum absolute atomic E-state index is 2.68. The predicted molar refractivity (Wildman–Crippen MR) is 500 cm³/mol. The van der Waals surface area contributed by atoms with Crippen LogP contribution in [-0.4, -0.2) is 6.71 Å². The van der Waals surface area contributed by atoms with Crippen LogP contribution in [0.15, 0.2) is 473 Å². The SMILES string of the molecule is c1ccc(-c2ccc(-c3ccc(N(c4ccc(-c5ccc(-c6ccccc6)cc5)cc4)c4cc5c6c(c4)N(c4c(-c7ccccc7)cc(-c7ccccc7)cc4-c4ccccc4)c4ccc(-c7ccccc7)cc4B6c4cc(-c6ccccc6)ccc4N5c4c(-c5ccccc5)cc(-c5ccccc5)cc4-c4ccccc4)cc3)cc2)cc1. The first kappa shape index (κ1) is 70.5. The largest absolute Gasteiger partial charge is 0.310 e. The summed E-state index contributed by atoms with van der Waals surface area (Å²) in [4.78, 5) is 7.88. The molecule has 0 aromatic heterocycles. The summed E-state index contributed by atoms with van der Waals surface area (Å²) in [6.07, 6.45) is 0. The molecule has 19 aromatic carbocycles. The van der Waals surface area contributed by atoms with Crippen molar-refractivity contribution in [2.24, 2.45) is 0 Å². The molecule has 0 atom stereocenters. The van der Waals surface area contributed by atoms with Gasteiger partial charge in [0.15, 0.2) is 0 Å². The molecule has 2 aliphatic rings. The van der Waals surface area contributed by atoms with Crippen molar-refractivity contribution in [1.82, 2.24) is 0 Å². The zero-order valence-corrected chi connectivity index (χ0v) is 65.0. The van der Waals surface area contributed by atoms with E-state index in [2.05, 4.69) is 488 Å². The molecule has 0 saturated heterocycles. The molecular formula is C114H78BN3. The van der Waals surface area contributed by atoms with Crippen molar-refractivity contribution in [1.29, 1.82) is 0 Å². The molecule has 2 heterocycles. The molecule has 0 fully saturated rings. The van der Waals surface area contributed by atoms with Crippen LogP contribution >= 0.6 is 0 Å². The summed E-state index contributed by atoms with van der Waals surface area (Å²) >= 11 is 0. The van der Waals surface area contributed by atoms with Gasteiger partial charge in [-0.2, -0.15) is 0 Å². The summed E-state index contributed by atoms with van der Waals surface area (Å²) < 4.78 is 0. The van der Waals surface area contributed by atoms with E-state index in [1.807, 2.05) is 0 Å². The minimum atomic E-state index is -0.328. The highest BCUT2D eigenvalue weighted by atomic mass is 15.2. The van der Waals surface area contributed by atoms with Crippen molar-refractivity contribution in [2.45, 2.75) is 0 Å². The van der Waals surface area contributed by atoms with Crippen molar-refractivity contribution in [3.8, 4) is 134 Å². The molecule has 2 aliphatic heterocycles. The maximum atomic E-state index is 2.68. The molecule has 0 aliphatic carbocycles. The average Bonchev–Trinajstić information content (AvgIpc) is 0.684. The maximum Gasteiger partial charge on any atom is 0.252 e. The van der Waals surface area contributed by atoms with Crippen LogP contribution in [-0.2, 0) is 0 Å². The van der Waals surface area contributed by atoms with Gasteiger partial charge in [0.05, 0.1) is 17.1 Å². The molecule has 0 N–H and O–H groups in total. The van der Waals surface area contributed by atoms with Crippen LogP contribution in [0.2, 0.25) is 0 Å². The zero-order chi connectivity index (χ0) is 78.2. The summed E-state index contributed by atoms with van der Waals surface area (Å²) in [6.45, 7) is -0.328. The zero-order valence-electron chi connectivity index (χ0n) is 65.0. The number of hydrogen-bond acceptors (Lipinski definition) is 3. The molecule has 4 heteroatoms. The molecule has 3 nitrogen and oxygen atoms in total. The van der Waals surface area contributed by atoms with Crippen molar-refractivity contribution < 1.29 is 0 Å². The van der Waals surface area contributed by atoms with Crippen LogP contribution in [0.4, 0.5) is 51.2 Å². The molecule has 0 bridgehead atoms. The van der Waals surface area contributed by atoms with E-state index in [0.717, 1.165) is 162 Å². The van der Waals surface area contributed by atoms with Gasteiger partial charge in [0.1, 0.15) is 0 Å². The highest BCUT2D eigenvalue weighted by Crippen LogP contribution is 2.56. The monoisotopic (exact) mass is 1500 g/mol. The van der Waals surface area contributed by atoms with Crippen molar-refractivity contribution in [2.75, 3.05) is 14.7 Å². The first-order valence-electron chi connectivity index (χ1n) is 40.7. The summed E-state index contributed by atoms with van der Waals surface area (Å²) in [7, 11) is 0. The van der Waals surface area contributed by atoms with Crippen molar-refractivity contribution >= 4 is 74.3 Å². The topological polar surface area (TPSA) is 9.72 Å². The molecule has 0 saturated carbocycles. The van der Waals surface area contributed by atoms with Gasteiger partial charge in [-0.15, -0.1) is 0 Å². The quantitative estimate of drug-likeness (QED) is 0.0842. The number of anilines is 9. The van der Waals surface area contributed by atoms with E-state index in [4.69, 9.17) is 0 Å². The number of benzene rings is 19. The summed E-state index contributed by atoms with van der Waals surface area (Å²) in [5.41, 5.74) is 40.2. The molecule has 0 amide bonds. The van der Waals surface area contributed by atoms with Gasteiger partial charge >= 0.3 is 0 Å². The Morgan fingerprint density at radius 1 is 0.153 bits per heavy atom. The Balaban J connectivity index is 0.905. The van der Waals surface area contributed by atoms with Crippen LogP contribution in [0.1, 0.15) is 0 Å². The third-order valence-electron chi connectivity index (χ3n) is 23.6. The predicted octanol–water partition coefficient (Wildman–Crippen LogP) is 29.2. The van der Waals surface area contributed by atoms with Gasteiger partial charge in [-0.05, 0) is 200 Å². The van der Waals surface area contributed by atoms with E-state index < -0.39 is 0 Å². The standard InChI is InChI=1S/C114H78BN3/c1-11-31-79(32-12-1)85-51-55-87(56-52-85)89-59-65-99(66-60-89)116(100-67-61-90(62-68-100)88-57-53-86(54-58-88)80-33-13-2-14-34-80)101-77-110-112-111(78-101)118(114-104(93-47-27-9-28-48-93)73-98(84-41-21-6-22-42-84)74-105(114)94-49-29-10-30-50-94)109-70-64-96(82-37-17-4-18-38-82)76-107(109)115(112)106-75-95(81-35-15-3-16-36-81)63-69-108(106)117(110)113-102(91-43-23-7-24-44-91)71-97(83-39-19-5-20-40-83)72-103(113)92-45-25-8-26-46-92/h1-78H. The van der Waals surface area contributed by atoms with Crippen LogP contribution in [0.25, 0.3) is 134 Å². The second kappa shape index (κ2) is 30.9. The third kappa shape index (κ3) is 13.2. The van der Waals surface area contributed by atoms with Crippen molar-refractivity contribution in [3.05, 3.63) is 473 Å². The van der Waals surface area contributed by atoms with Gasteiger partial charge in [0, 0.05) is 56.4 Å². The Kier molecular flexibility index (Phi) is 18.4. The van der Waals surface area contributed by atoms with Crippen molar-refractivity contribution in [3.63, 3.8) is 0 Å². The van der Waals surface area contributed by atoms with Crippen LogP contribution in [0, 0.1) is 0 Å². The van der Waals surface area contributed by atoms with Gasteiger partial charge < -0.3 is 14.7 Å². The Labute approximate surface area is 691 Å². The molecule has 21 rings (SSSR count). The van der Waals surface area contributed by atoms with Crippen LogP contribution in [0.3, 0.4) is 0 Å². The normalized spacial score (nSPS) is 11.8. The minimum Gasteiger partial charge on any atom is -0.310 e. The fourth-order valence-electron chi connectivity index (χ4n) is 17.9. The fourth-order valence-corrected chi connectivity index (χ4v) is 17.9. The lowest BCUT2D eigenvalue weighted by Gasteiger charge is -2.46. The number of fused-ring (bicyclic) bond motifs is 4. The highest BCUT2D eigenvalue weighted by Gasteiger charge is 2.46. The van der Waals surface area contributed by atoms with Gasteiger partial charge in [-0.1, -0.05) is 400 Å². The number of hydrogen-bond donors (Lipinski definition) is 0. The van der Waals surface area contributed by atoms with Crippen LogP contribution < -0.4 is 31.1 Å². The Morgan fingerprint density at radius 3 is 0.610 bits per heavy atom. The smallest absolute Gasteiger partial charge is 0.252 e. The van der Waals surface area contributed by atoms with E-state index in [1.54, 1.807) is 0 Å². The Morgan fingerprint density at radius 2 is 0.356 bits per heavy atom. The molecule has 0 unspecified atom stereocenters. The van der Waals surface area contributed by atoms with Gasteiger partial charge in [0.25, 0.3) is 6.71 Å². The Hall–Kier alpha value is -15.4. The molecule has 552 valence electrons. The number of rotatable bonds is 17. The Bertz CT molecular complexity index is 6280. The summed E-state index contributed by atoms with van der Waals surface area (Å²) in [5, 5.41) is 0. The molecule has 118 heavy (non-hydrogen) atoms. The second-order valence-corrected chi connectivity index (χ2v) is 30.6. The number of nitrogens with zero attached hydrogens (tertiary/aromatic N) is 3.